The van der Waals surface area contributed by atoms with Crippen molar-refractivity contribution in [1.29, 1.82) is 0 Å². The Kier molecular flexibility index (Phi) is 17.6. The van der Waals surface area contributed by atoms with Gasteiger partial charge in [-0.1, -0.05) is 39.0 Å². The lowest BCUT2D eigenvalue weighted by molar-refractivity contribution is -0.145. The number of benzene rings is 2. The second-order valence-electron chi connectivity index (χ2n) is 11.6. The van der Waals surface area contributed by atoms with Crippen molar-refractivity contribution in [2.45, 2.75) is 39.0 Å². The molecule has 0 radical (unpaired) electrons. The molecule has 47 heavy (non-hydrogen) atoms. The van der Waals surface area contributed by atoms with Crippen LogP contribution < -0.4 is 0 Å². The van der Waals surface area contributed by atoms with Gasteiger partial charge < -0.3 is 43.0 Å². The van der Waals surface area contributed by atoms with Gasteiger partial charge in [0.15, 0.2) is 0 Å². The average Bonchev–Trinajstić information content (AvgIpc) is 3.48. The van der Waals surface area contributed by atoms with Crippen LogP contribution in [0, 0.1) is 0 Å². The number of aryl methyl sites for hydroxylation is 1. The van der Waals surface area contributed by atoms with E-state index in [9.17, 15) is 9.90 Å². The van der Waals surface area contributed by atoms with Gasteiger partial charge >= 0.3 is 5.97 Å². The first kappa shape index (κ1) is 38.3. The zero-order valence-corrected chi connectivity index (χ0v) is 28.2. The maximum atomic E-state index is 12.4. The summed E-state index contributed by atoms with van der Waals surface area (Å²) >= 11 is 0. The van der Waals surface area contributed by atoms with Crippen molar-refractivity contribution in [3.05, 3.63) is 47.5 Å². The van der Waals surface area contributed by atoms with E-state index in [1.807, 2.05) is 57.2 Å². The van der Waals surface area contributed by atoms with Gasteiger partial charge in [0.2, 0.25) is 0 Å². The number of ether oxygens (including phenoxy) is 8. The van der Waals surface area contributed by atoms with E-state index in [4.69, 9.17) is 37.9 Å². The molecule has 13 heteroatoms. The van der Waals surface area contributed by atoms with E-state index in [1.165, 1.54) is 4.80 Å². The fourth-order valence-corrected chi connectivity index (χ4v) is 4.39. The predicted octanol–water partition coefficient (Wildman–Crippen LogP) is 3.65. The van der Waals surface area contributed by atoms with E-state index in [0.29, 0.717) is 91.4 Å². The number of phenolic OH excluding ortho intramolecular Hbond substituents is 1. The topological polar surface area (TPSA) is 142 Å². The zero-order valence-electron chi connectivity index (χ0n) is 28.2. The van der Waals surface area contributed by atoms with E-state index in [2.05, 4.69) is 10.2 Å². The summed E-state index contributed by atoms with van der Waals surface area (Å²) in [4.78, 5) is 13.9. The minimum Gasteiger partial charge on any atom is -0.505 e. The van der Waals surface area contributed by atoms with Gasteiger partial charge in [-0.15, -0.1) is 15.0 Å². The van der Waals surface area contributed by atoms with E-state index >= 15 is 0 Å². The van der Waals surface area contributed by atoms with Gasteiger partial charge in [0.1, 0.15) is 29.1 Å². The molecule has 0 aliphatic heterocycles. The van der Waals surface area contributed by atoms with Crippen molar-refractivity contribution in [1.82, 2.24) is 15.0 Å². The van der Waals surface area contributed by atoms with Gasteiger partial charge in [-0.05, 0) is 35.6 Å². The minimum atomic E-state index is -0.331. The van der Waals surface area contributed by atoms with Crippen LogP contribution in [0.1, 0.15) is 38.3 Å². The summed E-state index contributed by atoms with van der Waals surface area (Å²) in [6.07, 6.45) is 0.633. The highest BCUT2D eigenvalue weighted by molar-refractivity contribution is 5.74. The second-order valence-corrected chi connectivity index (χ2v) is 11.6. The molecule has 1 N–H and O–H groups in total. The molecule has 262 valence electrons. The Hall–Kier alpha value is -3.17. The van der Waals surface area contributed by atoms with Crippen LogP contribution in [0.2, 0.25) is 0 Å². The van der Waals surface area contributed by atoms with Crippen molar-refractivity contribution < 1.29 is 47.8 Å². The molecule has 0 saturated heterocycles. The molecular formula is C34H51N3O10. The lowest BCUT2D eigenvalue weighted by Gasteiger charge is -2.23. The monoisotopic (exact) mass is 661 g/mol. The molecule has 1 heterocycles. The Morgan fingerprint density at radius 1 is 0.702 bits per heavy atom. The van der Waals surface area contributed by atoms with Crippen molar-refractivity contribution in [3.8, 4) is 11.4 Å². The largest absolute Gasteiger partial charge is 0.505 e. The number of nitrogens with zero attached hydrogens (tertiary/aromatic N) is 3. The molecule has 2 aromatic carbocycles. The number of rotatable bonds is 25. The summed E-state index contributed by atoms with van der Waals surface area (Å²) in [5, 5.41) is 20.2. The number of aromatic hydroxyl groups is 1. The van der Waals surface area contributed by atoms with E-state index in [-0.39, 0.29) is 36.8 Å². The third-order valence-electron chi connectivity index (χ3n) is 6.86. The summed E-state index contributed by atoms with van der Waals surface area (Å²) < 4.78 is 42.8. The number of hydrogen-bond acceptors (Lipinski definition) is 12. The van der Waals surface area contributed by atoms with Gasteiger partial charge in [0, 0.05) is 19.1 Å². The SMILES string of the molecule is COCCOCCOCCOCCOCCOCCOCCOC(=O)CCc1cc(-n2nc3ccccc3n2)c(O)c(C(C)(C)C)c1. The molecule has 0 saturated carbocycles. The van der Waals surface area contributed by atoms with Gasteiger partial charge in [0.05, 0.1) is 85.9 Å². The summed E-state index contributed by atoms with van der Waals surface area (Å²) in [5.74, 6) is -0.200. The molecule has 1 aromatic heterocycles. The van der Waals surface area contributed by atoms with Crippen LogP contribution in [0.5, 0.6) is 5.75 Å². The molecule has 13 nitrogen and oxygen atoms in total. The smallest absolute Gasteiger partial charge is 0.306 e. The van der Waals surface area contributed by atoms with Crippen molar-refractivity contribution in [2.75, 3.05) is 99.6 Å². The minimum absolute atomic E-state index is 0.122. The summed E-state index contributed by atoms with van der Waals surface area (Å²) in [6.45, 7) is 12.4. The quantitative estimate of drug-likeness (QED) is 0.105. The Labute approximate surface area is 277 Å². The number of methoxy groups -OCH3 is 1. The van der Waals surface area contributed by atoms with Crippen molar-refractivity contribution in [3.63, 3.8) is 0 Å². The molecule has 0 unspecified atom stereocenters. The van der Waals surface area contributed by atoms with Crippen LogP contribution >= 0.6 is 0 Å². The highest BCUT2D eigenvalue weighted by Gasteiger charge is 2.23. The molecule has 0 fully saturated rings. The second kappa shape index (κ2) is 21.7. The Balaban J connectivity index is 1.21. The third-order valence-corrected chi connectivity index (χ3v) is 6.86. The first-order valence-electron chi connectivity index (χ1n) is 16.1. The van der Waals surface area contributed by atoms with Gasteiger partial charge in [-0.25, -0.2) is 0 Å². The molecule has 0 aliphatic rings. The summed E-state index contributed by atoms with van der Waals surface area (Å²) in [6, 6.07) is 11.3. The molecular weight excluding hydrogens is 610 g/mol. The molecule has 0 spiro atoms. The maximum absolute atomic E-state index is 12.4. The van der Waals surface area contributed by atoms with Crippen LogP contribution in [0.3, 0.4) is 0 Å². The van der Waals surface area contributed by atoms with Crippen LogP contribution in [0.15, 0.2) is 36.4 Å². The average molecular weight is 662 g/mol. The fourth-order valence-electron chi connectivity index (χ4n) is 4.39. The number of fused-ring (bicyclic) bond motifs is 1. The Bertz CT molecular complexity index is 1280. The number of carbonyl (C=O) groups excluding carboxylic acids is 1. The van der Waals surface area contributed by atoms with E-state index in [1.54, 1.807) is 7.11 Å². The lowest BCUT2D eigenvalue weighted by Crippen LogP contribution is -2.16. The predicted molar refractivity (Wildman–Crippen MR) is 175 cm³/mol. The molecule has 0 bridgehead atoms. The Morgan fingerprint density at radius 2 is 1.15 bits per heavy atom. The molecule has 0 amide bonds. The van der Waals surface area contributed by atoms with Crippen LogP contribution in [-0.4, -0.2) is 126 Å². The standard InChI is InChI=1S/C34H51N3O10/c1-34(2,3)28-25-27(26-31(33(28)39)37-35-29-7-5-6-8-30(29)36-37)9-10-32(38)47-24-23-46-22-21-45-20-19-44-18-17-43-16-15-42-14-13-41-12-11-40-4/h5-8,25-26,39H,9-24H2,1-4H3. The summed E-state index contributed by atoms with van der Waals surface area (Å²) in [7, 11) is 1.64. The van der Waals surface area contributed by atoms with E-state index in [0.717, 1.165) is 22.2 Å². The molecule has 3 aromatic rings. The number of aromatic nitrogens is 3. The molecule has 0 atom stereocenters. The van der Waals surface area contributed by atoms with Gasteiger partial charge in [-0.3, -0.25) is 4.79 Å². The normalized spacial score (nSPS) is 11.8. The molecule has 3 rings (SSSR count). The maximum Gasteiger partial charge on any atom is 0.306 e. The Morgan fingerprint density at radius 3 is 1.60 bits per heavy atom. The fraction of sp³-hybridized carbons (Fsp3) is 0.618. The van der Waals surface area contributed by atoms with Crippen molar-refractivity contribution >= 4 is 17.0 Å². The third kappa shape index (κ3) is 14.6. The van der Waals surface area contributed by atoms with Crippen LogP contribution in [0.25, 0.3) is 16.7 Å². The van der Waals surface area contributed by atoms with E-state index < -0.39 is 0 Å². The molecule has 0 aliphatic carbocycles. The first-order chi connectivity index (χ1) is 22.8. The summed E-state index contributed by atoms with van der Waals surface area (Å²) in [5.41, 5.74) is 3.24. The van der Waals surface area contributed by atoms with Gasteiger partial charge in [-0.2, -0.15) is 0 Å². The number of phenols is 1. The van der Waals surface area contributed by atoms with Crippen molar-refractivity contribution in [2.24, 2.45) is 0 Å². The van der Waals surface area contributed by atoms with Gasteiger partial charge in [0.25, 0.3) is 0 Å². The number of carbonyl (C=O) groups is 1. The zero-order chi connectivity index (χ0) is 33.7. The number of hydrogen-bond donors (Lipinski definition) is 1. The number of esters is 1. The highest BCUT2D eigenvalue weighted by Crippen LogP contribution is 2.36. The highest BCUT2D eigenvalue weighted by atomic mass is 16.6. The first-order valence-corrected chi connectivity index (χ1v) is 16.1. The van der Waals surface area contributed by atoms with Crippen LogP contribution in [0.4, 0.5) is 0 Å². The van der Waals surface area contributed by atoms with Crippen LogP contribution in [-0.2, 0) is 54.5 Å². The lowest BCUT2D eigenvalue weighted by atomic mass is 9.84.